The highest BCUT2D eigenvalue weighted by molar-refractivity contribution is 7.17. The smallest absolute Gasteiger partial charge is 0.165 e. The molecule has 4 heteroatoms. The summed E-state index contributed by atoms with van der Waals surface area (Å²) < 4.78 is 19.7. The van der Waals surface area contributed by atoms with Gasteiger partial charge in [-0.1, -0.05) is 24.3 Å². The molecular formula is C17H16FNOS. The molecule has 0 saturated heterocycles. The third kappa shape index (κ3) is 2.77. The summed E-state index contributed by atoms with van der Waals surface area (Å²) in [6, 6.07) is 12.9. The fraction of sp³-hybridized carbons (Fsp3) is 0.176. The molecule has 0 fully saturated rings. The van der Waals surface area contributed by atoms with Crippen LogP contribution in [0.3, 0.4) is 0 Å². The van der Waals surface area contributed by atoms with Gasteiger partial charge in [-0.25, -0.2) is 4.39 Å². The van der Waals surface area contributed by atoms with Gasteiger partial charge in [-0.05, 0) is 46.5 Å². The van der Waals surface area contributed by atoms with Crippen LogP contribution in [-0.4, -0.2) is 7.11 Å². The van der Waals surface area contributed by atoms with E-state index in [2.05, 4.69) is 17.5 Å². The lowest BCUT2D eigenvalue weighted by Gasteiger charge is -2.13. The van der Waals surface area contributed by atoms with E-state index in [1.165, 1.54) is 28.8 Å². The summed E-state index contributed by atoms with van der Waals surface area (Å²) in [5.74, 6) is -0.132. The number of ether oxygens (including phenoxy) is 1. The Kier molecular flexibility index (Phi) is 3.90. The van der Waals surface area contributed by atoms with Crippen LogP contribution in [0, 0.1) is 5.82 Å². The largest absolute Gasteiger partial charge is 0.494 e. The van der Waals surface area contributed by atoms with Gasteiger partial charge in [0.15, 0.2) is 11.6 Å². The fourth-order valence-electron chi connectivity index (χ4n) is 2.45. The second-order valence-electron chi connectivity index (χ2n) is 4.96. The van der Waals surface area contributed by atoms with Gasteiger partial charge in [0.2, 0.25) is 0 Å². The van der Waals surface area contributed by atoms with Crippen molar-refractivity contribution in [2.45, 2.75) is 12.5 Å². The van der Waals surface area contributed by atoms with Crippen LogP contribution in [0.4, 0.5) is 4.39 Å². The molecule has 2 aromatic carbocycles. The third-order valence-electron chi connectivity index (χ3n) is 3.60. The van der Waals surface area contributed by atoms with Crippen molar-refractivity contribution in [3.63, 3.8) is 0 Å². The van der Waals surface area contributed by atoms with Crippen LogP contribution in [0.25, 0.3) is 10.1 Å². The quantitative estimate of drug-likeness (QED) is 0.780. The monoisotopic (exact) mass is 301 g/mol. The van der Waals surface area contributed by atoms with Gasteiger partial charge >= 0.3 is 0 Å². The number of benzene rings is 2. The van der Waals surface area contributed by atoms with E-state index in [0.717, 1.165) is 12.0 Å². The Morgan fingerprint density at radius 2 is 2.05 bits per heavy atom. The molecule has 0 amide bonds. The normalized spacial score (nSPS) is 12.5. The average Bonchev–Trinajstić information content (AvgIpc) is 2.91. The lowest BCUT2D eigenvalue weighted by atomic mass is 9.99. The molecule has 0 aliphatic carbocycles. The van der Waals surface area contributed by atoms with E-state index in [4.69, 9.17) is 10.5 Å². The van der Waals surface area contributed by atoms with Gasteiger partial charge < -0.3 is 10.5 Å². The number of rotatable bonds is 4. The molecule has 21 heavy (non-hydrogen) atoms. The Balaban J connectivity index is 1.87. The maximum atomic E-state index is 13.5. The standard InChI is InChI=1S/C17H16FNOS/c1-20-16-9-11(6-7-14(16)18)15(19)8-12-10-21-17-5-3-2-4-13(12)17/h2-7,9-10,15H,8,19H2,1H3. The second-order valence-corrected chi connectivity index (χ2v) is 5.87. The first-order valence-corrected chi connectivity index (χ1v) is 7.61. The zero-order valence-corrected chi connectivity index (χ0v) is 12.5. The molecule has 2 N–H and O–H groups in total. The van der Waals surface area contributed by atoms with E-state index in [0.29, 0.717) is 0 Å². The van der Waals surface area contributed by atoms with Crippen molar-refractivity contribution < 1.29 is 9.13 Å². The summed E-state index contributed by atoms with van der Waals surface area (Å²) in [6.07, 6.45) is 0.721. The van der Waals surface area contributed by atoms with Crippen molar-refractivity contribution in [3.05, 3.63) is 64.8 Å². The van der Waals surface area contributed by atoms with Crippen molar-refractivity contribution in [2.75, 3.05) is 7.11 Å². The van der Waals surface area contributed by atoms with Crippen molar-refractivity contribution in [2.24, 2.45) is 5.73 Å². The summed E-state index contributed by atoms with van der Waals surface area (Å²) >= 11 is 1.72. The van der Waals surface area contributed by atoms with Crippen LogP contribution in [-0.2, 0) is 6.42 Å². The van der Waals surface area contributed by atoms with Gasteiger partial charge in [0.05, 0.1) is 7.11 Å². The van der Waals surface area contributed by atoms with E-state index >= 15 is 0 Å². The number of methoxy groups -OCH3 is 1. The first-order chi connectivity index (χ1) is 10.2. The van der Waals surface area contributed by atoms with Crippen molar-refractivity contribution >= 4 is 21.4 Å². The van der Waals surface area contributed by atoms with E-state index in [9.17, 15) is 4.39 Å². The van der Waals surface area contributed by atoms with Gasteiger partial charge in [0, 0.05) is 10.7 Å². The van der Waals surface area contributed by atoms with Crippen LogP contribution in [0.15, 0.2) is 47.8 Å². The predicted octanol–water partition coefficient (Wildman–Crippen LogP) is 4.29. The Morgan fingerprint density at radius 3 is 2.86 bits per heavy atom. The summed E-state index contributed by atoms with van der Waals surface area (Å²) in [4.78, 5) is 0. The Morgan fingerprint density at radius 1 is 1.24 bits per heavy atom. The van der Waals surface area contributed by atoms with Gasteiger partial charge in [-0.3, -0.25) is 0 Å². The van der Waals surface area contributed by atoms with Crippen LogP contribution in [0.1, 0.15) is 17.2 Å². The minimum absolute atomic E-state index is 0.183. The highest BCUT2D eigenvalue weighted by atomic mass is 32.1. The van der Waals surface area contributed by atoms with Gasteiger partial charge in [0.1, 0.15) is 0 Å². The zero-order chi connectivity index (χ0) is 14.8. The SMILES string of the molecule is COc1cc(C(N)Cc2csc3ccccc23)ccc1F. The second kappa shape index (κ2) is 5.84. The number of thiophene rings is 1. The zero-order valence-electron chi connectivity index (χ0n) is 11.7. The number of nitrogens with two attached hydrogens (primary N) is 1. The Labute approximate surface area is 127 Å². The number of hydrogen-bond acceptors (Lipinski definition) is 3. The molecule has 0 radical (unpaired) electrons. The molecular weight excluding hydrogens is 285 g/mol. The molecule has 0 aliphatic heterocycles. The van der Waals surface area contributed by atoms with Crippen molar-refractivity contribution in [3.8, 4) is 5.75 Å². The summed E-state index contributed by atoms with van der Waals surface area (Å²) in [5.41, 5.74) is 8.38. The molecule has 1 aromatic heterocycles. The predicted molar refractivity (Wildman–Crippen MR) is 85.4 cm³/mol. The fourth-order valence-corrected chi connectivity index (χ4v) is 3.43. The van der Waals surface area contributed by atoms with Crippen LogP contribution >= 0.6 is 11.3 Å². The van der Waals surface area contributed by atoms with Gasteiger partial charge in [-0.15, -0.1) is 11.3 Å². The van der Waals surface area contributed by atoms with E-state index in [-0.39, 0.29) is 17.6 Å². The summed E-state index contributed by atoms with van der Waals surface area (Å²) in [7, 11) is 1.46. The highest BCUT2D eigenvalue weighted by Crippen LogP contribution is 2.30. The van der Waals surface area contributed by atoms with Crippen LogP contribution < -0.4 is 10.5 Å². The molecule has 1 heterocycles. The summed E-state index contributed by atoms with van der Waals surface area (Å²) in [5, 5.41) is 3.39. The molecule has 1 atom stereocenters. The molecule has 3 rings (SSSR count). The average molecular weight is 301 g/mol. The Hall–Kier alpha value is -1.91. The number of halogens is 1. The maximum Gasteiger partial charge on any atom is 0.165 e. The molecule has 2 nitrogen and oxygen atoms in total. The molecule has 0 spiro atoms. The topological polar surface area (TPSA) is 35.2 Å². The van der Waals surface area contributed by atoms with E-state index in [1.54, 1.807) is 23.5 Å². The van der Waals surface area contributed by atoms with Crippen molar-refractivity contribution in [1.29, 1.82) is 0 Å². The molecule has 3 aromatic rings. The lowest BCUT2D eigenvalue weighted by Crippen LogP contribution is -2.13. The maximum absolute atomic E-state index is 13.5. The highest BCUT2D eigenvalue weighted by Gasteiger charge is 2.13. The van der Waals surface area contributed by atoms with Crippen LogP contribution in [0.5, 0.6) is 5.75 Å². The van der Waals surface area contributed by atoms with Gasteiger partial charge in [0.25, 0.3) is 0 Å². The minimum atomic E-state index is -0.366. The molecule has 0 aliphatic rings. The van der Waals surface area contributed by atoms with Crippen molar-refractivity contribution in [1.82, 2.24) is 0 Å². The minimum Gasteiger partial charge on any atom is -0.494 e. The lowest BCUT2D eigenvalue weighted by molar-refractivity contribution is 0.385. The van der Waals surface area contributed by atoms with Gasteiger partial charge in [-0.2, -0.15) is 0 Å². The van der Waals surface area contributed by atoms with E-state index in [1.807, 2.05) is 12.1 Å². The van der Waals surface area contributed by atoms with Crippen LogP contribution in [0.2, 0.25) is 0 Å². The Bertz CT molecular complexity index is 768. The third-order valence-corrected chi connectivity index (χ3v) is 4.62. The number of hydrogen-bond donors (Lipinski definition) is 1. The molecule has 0 saturated carbocycles. The number of fused-ring (bicyclic) bond motifs is 1. The molecule has 108 valence electrons. The molecule has 1 unspecified atom stereocenters. The van der Waals surface area contributed by atoms with E-state index < -0.39 is 0 Å². The molecule has 0 bridgehead atoms. The first-order valence-electron chi connectivity index (χ1n) is 6.73. The summed E-state index contributed by atoms with van der Waals surface area (Å²) in [6.45, 7) is 0. The first kappa shape index (κ1) is 14.0.